The van der Waals surface area contributed by atoms with Gasteiger partial charge in [0.25, 0.3) is 0 Å². The van der Waals surface area contributed by atoms with Crippen LogP contribution in [-0.2, 0) is 0 Å². The predicted octanol–water partition coefficient (Wildman–Crippen LogP) is 16.8. The van der Waals surface area contributed by atoms with Crippen LogP contribution in [0.4, 0.5) is 0 Å². The number of rotatable bonds is 9. The van der Waals surface area contributed by atoms with Crippen molar-refractivity contribution in [2.45, 2.75) is 5.92 Å². The van der Waals surface area contributed by atoms with E-state index in [0.29, 0.717) is 0 Å². The summed E-state index contributed by atoms with van der Waals surface area (Å²) in [5.41, 5.74) is 20.1. The molecule has 62 heavy (non-hydrogen) atoms. The number of benzene rings is 10. The molecule has 1 heterocycles. The molecule has 1 aromatic heterocycles. The second-order valence-corrected chi connectivity index (χ2v) is 16.0. The van der Waals surface area contributed by atoms with Gasteiger partial charge < -0.3 is 4.42 Å². The van der Waals surface area contributed by atoms with Crippen LogP contribution in [0.5, 0.6) is 0 Å². The van der Waals surface area contributed by atoms with Crippen molar-refractivity contribution in [3.63, 3.8) is 0 Å². The van der Waals surface area contributed by atoms with Crippen molar-refractivity contribution in [2.75, 3.05) is 0 Å². The predicted molar refractivity (Wildman–Crippen MR) is 260 cm³/mol. The highest BCUT2D eigenvalue weighted by molar-refractivity contribution is 6.06. The maximum Gasteiger partial charge on any atom is 0.135 e. The maximum absolute atomic E-state index is 6.13. The second kappa shape index (κ2) is 16.2. The van der Waals surface area contributed by atoms with Crippen molar-refractivity contribution in [1.29, 1.82) is 0 Å². The van der Waals surface area contributed by atoms with Gasteiger partial charge in [-0.05, 0) is 108 Å². The van der Waals surface area contributed by atoms with Crippen LogP contribution < -0.4 is 0 Å². The normalized spacial score (nSPS) is 11.4. The van der Waals surface area contributed by atoms with Gasteiger partial charge in [-0.25, -0.2) is 0 Å². The van der Waals surface area contributed by atoms with Gasteiger partial charge in [0.2, 0.25) is 0 Å². The summed E-state index contributed by atoms with van der Waals surface area (Å²) >= 11 is 0. The SMILES string of the molecule is c1ccc(-c2ccccc2-c2ccc(C(c3ccc(-c4cccc(-c5ccc6oc7ccccc7c6c5)c4)cc3)c3ccc(-c4ccccc4-c4ccccc4)cc3)cc2)cc1. The molecule has 0 saturated heterocycles. The minimum absolute atomic E-state index is 0.0312. The lowest BCUT2D eigenvalue weighted by atomic mass is 9.83. The molecule has 0 saturated carbocycles. The number of fused-ring (bicyclic) bond motifs is 3. The van der Waals surface area contributed by atoms with Crippen LogP contribution >= 0.6 is 0 Å². The van der Waals surface area contributed by atoms with E-state index in [0.717, 1.165) is 21.9 Å². The molecule has 0 fully saturated rings. The van der Waals surface area contributed by atoms with Gasteiger partial charge in [-0.2, -0.15) is 0 Å². The molecule has 10 aromatic carbocycles. The van der Waals surface area contributed by atoms with Crippen LogP contribution in [-0.4, -0.2) is 0 Å². The Morgan fingerprint density at radius 3 is 1.10 bits per heavy atom. The third-order valence-corrected chi connectivity index (χ3v) is 12.3. The van der Waals surface area contributed by atoms with E-state index in [9.17, 15) is 0 Å². The van der Waals surface area contributed by atoms with Gasteiger partial charge in [-0.15, -0.1) is 0 Å². The largest absolute Gasteiger partial charge is 0.456 e. The van der Waals surface area contributed by atoms with Gasteiger partial charge in [0.05, 0.1) is 0 Å². The summed E-state index contributed by atoms with van der Waals surface area (Å²) in [6.07, 6.45) is 0. The molecule has 0 unspecified atom stereocenters. The fourth-order valence-electron chi connectivity index (χ4n) is 9.15. The molecule has 292 valence electrons. The van der Waals surface area contributed by atoms with Gasteiger partial charge in [0, 0.05) is 16.7 Å². The summed E-state index contributed by atoms with van der Waals surface area (Å²) in [4.78, 5) is 0. The molecule has 1 heteroatoms. The Bertz CT molecular complexity index is 3180. The van der Waals surface area contributed by atoms with E-state index < -0.39 is 0 Å². The number of hydrogen-bond acceptors (Lipinski definition) is 1. The zero-order valence-corrected chi connectivity index (χ0v) is 34.2. The highest BCUT2D eigenvalue weighted by Gasteiger charge is 2.19. The third kappa shape index (κ3) is 7.10. The Hall–Kier alpha value is -8.00. The van der Waals surface area contributed by atoms with Gasteiger partial charge in [-0.3, -0.25) is 0 Å². The van der Waals surface area contributed by atoms with Crippen LogP contribution in [0.1, 0.15) is 22.6 Å². The van der Waals surface area contributed by atoms with Crippen molar-refractivity contribution >= 4 is 21.9 Å². The molecule has 0 aliphatic heterocycles. The zero-order valence-electron chi connectivity index (χ0n) is 34.2. The Labute approximate surface area is 362 Å². The van der Waals surface area contributed by atoms with Crippen LogP contribution in [0, 0.1) is 0 Å². The molecule has 0 atom stereocenters. The van der Waals surface area contributed by atoms with Crippen molar-refractivity contribution in [3.8, 4) is 66.8 Å². The van der Waals surface area contributed by atoms with Crippen LogP contribution in [0.3, 0.4) is 0 Å². The lowest BCUT2D eigenvalue weighted by Crippen LogP contribution is -2.04. The first-order chi connectivity index (χ1) is 30.7. The number of furan rings is 1. The highest BCUT2D eigenvalue weighted by Crippen LogP contribution is 2.40. The molecular weight excluding hydrogens is 749 g/mol. The van der Waals surface area contributed by atoms with E-state index in [1.165, 1.54) is 83.5 Å². The second-order valence-electron chi connectivity index (χ2n) is 16.0. The van der Waals surface area contributed by atoms with Crippen molar-refractivity contribution < 1.29 is 4.42 Å². The third-order valence-electron chi connectivity index (χ3n) is 12.3. The van der Waals surface area contributed by atoms with Gasteiger partial charge in [-0.1, -0.05) is 224 Å². The van der Waals surface area contributed by atoms with E-state index in [1.807, 2.05) is 12.1 Å². The first-order valence-electron chi connectivity index (χ1n) is 21.4. The summed E-state index contributed by atoms with van der Waals surface area (Å²) in [7, 11) is 0. The molecule has 11 aromatic rings. The number of para-hydroxylation sites is 1. The molecule has 0 radical (unpaired) electrons. The fourth-order valence-corrected chi connectivity index (χ4v) is 9.15. The topological polar surface area (TPSA) is 13.1 Å². The van der Waals surface area contributed by atoms with Crippen molar-refractivity contribution in [2.24, 2.45) is 0 Å². The van der Waals surface area contributed by atoms with Crippen molar-refractivity contribution in [1.82, 2.24) is 0 Å². The minimum atomic E-state index is 0.0312. The first-order valence-corrected chi connectivity index (χ1v) is 21.4. The lowest BCUT2D eigenvalue weighted by Gasteiger charge is -2.21. The Morgan fingerprint density at radius 2 is 0.581 bits per heavy atom. The average molecular weight is 791 g/mol. The van der Waals surface area contributed by atoms with Crippen LogP contribution in [0.25, 0.3) is 88.7 Å². The van der Waals surface area contributed by atoms with Gasteiger partial charge in [0.1, 0.15) is 11.2 Å². The summed E-state index contributed by atoms with van der Waals surface area (Å²) in [6, 6.07) is 90.0. The highest BCUT2D eigenvalue weighted by atomic mass is 16.3. The minimum Gasteiger partial charge on any atom is -0.456 e. The summed E-state index contributed by atoms with van der Waals surface area (Å²) < 4.78 is 6.13. The first kappa shape index (κ1) is 37.0. The van der Waals surface area contributed by atoms with E-state index in [1.54, 1.807) is 0 Å². The molecular formula is C61H42O. The van der Waals surface area contributed by atoms with Crippen molar-refractivity contribution in [3.05, 3.63) is 265 Å². The smallest absolute Gasteiger partial charge is 0.135 e. The van der Waals surface area contributed by atoms with Gasteiger partial charge in [0.15, 0.2) is 0 Å². The molecule has 1 nitrogen and oxygen atoms in total. The van der Waals surface area contributed by atoms with Crippen LogP contribution in [0.2, 0.25) is 0 Å². The molecule has 0 aliphatic carbocycles. The molecule has 0 N–H and O–H groups in total. The van der Waals surface area contributed by atoms with E-state index in [2.05, 4.69) is 237 Å². The monoisotopic (exact) mass is 790 g/mol. The quantitative estimate of drug-likeness (QED) is 0.133. The summed E-state index contributed by atoms with van der Waals surface area (Å²) in [5, 5.41) is 2.28. The summed E-state index contributed by atoms with van der Waals surface area (Å²) in [5.74, 6) is 0.0312. The lowest BCUT2D eigenvalue weighted by molar-refractivity contribution is 0.669. The molecule has 0 bridgehead atoms. The molecule has 0 aliphatic rings. The molecule has 0 amide bonds. The van der Waals surface area contributed by atoms with E-state index in [4.69, 9.17) is 4.42 Å². The summed E-state index contributed by atoms with van der Waals surface area (Å²) in [6.45, 7) is 0. The molecule has 11 rings (SSSR count). The fraction of sp³-hybridized carbons (Fsp3) is 0.0164. The van der Waals surface area contributed by atoms with E-state index >= 15 is 0 Å². The zero-order chi connectivity index (χ0) is 41.2. The van der Waals surface area contributed by atoms with Gasteiger partial charge >= 0.3 is 0 Å². The Balaban J connectivity index is 0.954. The van der Waals surface area contributed by atoms with E-state index in [-0.39, 0.29) is 5.92 Å². The Morgan fingerprint density at radius 1 is 0.226 bits per heavy atom. The number of hydrogen-bond donors (Lipinski definition) is 0. The Kier molecular flexibility index (Phi) is 9.69. The maximum atomic E-state index is 6.13. The molecule has 0 spiro atoms. The standard InChI is InChI=1S/C61H42O/c1-3-14-43(15-4-1)53-20-7-9-22-55(53)45-28-34-48(35-29-45)61(49-36-30-46(31-37-49)56-23-10-8-21-54(56)44-16-5-2-6-17-44)47-32-26-42(27-33-47)50-18-13-19-51(40-50)52-38-39-60-58(41-52)57-24-11-12-25-59(57)62-60/h1-41,61H. The van der Waals surface area contributed by atoms with Crippen LogP contribution in [0.15, 0.2) is 253 Å². The average Bonchev–Trinajstić information content (AvgIpc) is 3.73.